The monoisotopic (exact) mass is 624 g/mol. The normalized spacial score (nSPS) is 21.3. The van der Waals surface area contributed by atoms with E-state index in [1.807, 2.05) is 11.3 Å². The zero-order chi connectivity index (χ0) is 30.4. The van der Waals surface area contributed by atoms with Crippen molar-refractivity contribution < 1.29 is 14.2 Å². The number of hydrogen-bond donors (Lipinski definition) is 0. The lowest BCUT2D eigenvalue weighted by molar-refractivity contribution is 0.0261. The van der Waals surface area contributed by atoms with Gasteiger partial charge in [0.05, 0.1) is 7.11 Å². The highest BCUT2D eigenvalue weighted by atomic mass is 32.1. The van der Waals surface area contributed by atoms with Gasteiger partial charge in [-0.3, -0.25) is 9.80 Å². The van der Waals surface area contributed by atoms with Crippen molar-refractivity contribution in [1.29, 1.82) is 0 Å². The van der Waals surface area contributed by atoms with Crippen LogP contribution in [-0.4, -0.2) is 68.4 Å². The molecule has 0 amide bonds. The topological polar surface area (TPSA) is 34.2 Å². The minimum Gasteiger partial charge on any atom is -0.497 e. The van der Waals surface area contributed by atoms with Crippen molar-refractivity contribution in [3.05, 3.63) is 77.9 Å². The van der Waals surface area contributed by atoms with E-state index in [2.05, 4.69) is 76.5 Å². The number of piperidine rings is 1. The first-order chi connectivity index (χ1) is 22.2. The summed E-state index contributed by atoms with van der Waals surface area (Å²) < 4.78 is 19.6. The van der Waals surface area contributed by atoms with Crippen LogP contribution in [0.1, 0.15) is 68.9 Å². The lowest BCUT2D eigenvalue weighted by Crippen LogP contribution is -2.49. The number of methoxy groups -OCH3 is 1. The van der Waals surface area contributed by atoms with Crippen LogP contribution in [0.25, 0.3) is 20.5 Å². The number of thiophene rings is 1. The molecule has 238 valence electrons. The maximum atomic E-state index is 6.70. The van der Waals surface area contributed by atoms with Gasteiger partial charge in [-0.1, -0.05) is 25.0 Å². The molecule has 3 aromatic carbocycles. The smallest absolute Gasteiger partial charge is 0.120 e. The second kappa shape index (κ2) is 14.6. The average Bonchev–Trinajstić information content (AvgIpc) is 3.74. The molecule has 1 saturated carbocycles. The van der Waals surface area contributed by atoms with Crippen LogP contribution < -0.4 is 14.2 Å². The third kappa shape index (κ3) is 7.34. The van der Waals surface area contributed by atoms with E-state index in [-0.39, 0.29) is 0 Å². The van der Waals surface area contributed by atoms with Crippen molar-refractivity contribution in [3.63, 3.8) is 0 Å². The van der Waals surface area contributed by atoms with E-state index in [1.54, 1.807) is 7.11 Å². The maximum Gasteiger partial charge on any atom is 0.120 e. The van der Waals surface area contributed by atoms with Gasteiger partial charge < -0.3 is 14.2 Å². The van der Waals surface area contributed by atoms with Crippen molar-refractivity contribution in [3.8, 4) is 27.7 Å². The van der Waals surface area contributed by atoms with E-state index < -0.39 is 0 Å². The number of nitrogens with zero attached hydrogens (tertiary/aromatic N) is 2. The Morgan fingerprint density at radius 3 is 2.22 bits per heavy atom. The van der Waals surface area contributed by atoms with Crippen molar-refractivity contribution in [2.75, 3.05) is 46.4 Å². The summed E-state index contributed by atoms with van der Waals surface area (Å²) in [6, 6.07) is 24.7. The molecule has 6 heteroatoms. The number of likely N-dealkylation sites (tertiary alicyclic amines) is 2. The maximum absolute atomic E-state index is 6.70. The Kier molecular flexibility index (Phi) is 9.91. The van der Waals surface area contributed by atoms with E-state index in [9.17, 15) is 0 Å². The van der Waals surface area contributed by atoms with E-state index in [4.69, 9.17) is 14.2 Å². The molecule has 7 rings (SSSR count). The van der Waals surface area contributed by atoms with Gasteiger partial charge in [-0.05, 0) is 154 Å². The second-order valence-electron chi connectivity index (χ2n) is 13.1. The van der Waals surface area contributed by atoms with Crippen molar-refractivity contribution in [1.82, 2.24) is 9.80 Å². The Hall–Kier alpha value is -3.06. The highest BCUT2D eigenvalue weighted by Gasteiger charge is 2.32. The fourth-order valence-corrected chi connectivity index (χ4v) is 8.87. The highest BCUT2D eigenvalue weighted by molar-refractivity contribution is 7.22. The molecule has 0 radical (unpaired) electrons. The fourth-order valence-electron chi connectivity index (χ4n) is 7.61. The Morgan fingerprint density at radius 2 is 1.44 bits per heavy atom. The van der Waals surface area contributed by atoms with Crippen molar-refractivity contribution >= 4 is 21.4 Å². The molecule has 2 saturated heterocycles. The predicted octanol–water partition coefficient (Wildman–Crippen LogP) is 8.82. The first-order valence-corrected chi connectivity index (χ1v) is 18.1. The molecule has 2 atom stereocenters. The quantitative estimate of drug-likeness (QED) is 0.167. The van der Waals surface area contributed by atoms with Gasteiger partial charge in [0, 0.05) is 22.2 Å². The number of ether oxygens (including phenoxy) is 3. The average molecular weight is 625 g/mol. The molecular formula is C39H48N2O3S. The van der Waals surface area contributed by atoms with Crippen LogP contribution in [0.5, 0.6) is 17.2 Å². The molecule has 3 aliphatic rings. The Bertz CT molecular complexity index is 1520. The number of rotatable bonds is 11. The number of fused-ring (bicyclic) bond motifs is 1. The minimum absolute atomic E-state index is 0.303. The first-order valence-electron chi connectivity index (χ1n) is 17.3. The van der Waals surface area contributed by atoms with Gasteiger partial charge in [-0.2, -0.15) is 0 Å². The SMILES string of the molecule is COc1ccc2c(Cc3ccc(O[C@H]4CCCC[C@@H]4N4CCCCC4)cc3)c(-c3ccc(OCCN4CCCC4)cc3)sc2c1. The Labute approximate surface area is 273 Å². The summed E-state index contributed by atoms with van der Waals surface area (Å²) in [7, 11) is 1.74. The third-order valence-corrected chi connectivity index (χ3v) is 11.4. The van der Waals surface area contributed by atoms with Gasteiger partial charge in [0.15, 0.2) is 0 Å². The molecule has 3 heterocycles. The van der Waals surface area contributed by atoms with Crippen molar-refractivity contribution in [2.45, 2.75) is 76.4 Å². The van der Waals surface area contributed by atoms with E-state index >= 15 is 0 Å². The summed E-state index contributed by atoms with van der Waals surface area (Å²) in [6.07, 6.45) is 12.9. The highest BCUT2D eigenvalue weighted by Crippen LogP contribution is 2.42. The molecule has 4 aromatic rings. The molecule has 0 unspecified atom stereocenters. The van der Waals surface area contributed by atoms with E-state index in [0.717, 1.165) is 36.8 Å². The number of benzene rings is 3. The fraction of sp³-hybridized carbons (Fsp3) is 0.487. The molecular weight excluding hydrogens is 577 g/mol. The largest absolute Gasteiger partial charge is 0.497 e. The summed E-state index contributed by atoms with van der Waals surface area (Å²) in [4.78, 5) is 6.52. The summed E-state index contributed by atoms with van der Waals surface area (Å²) in [6.45, 7) is 6.64. The lowest BCUT2D eigenvalue weighted by Gasteiger charge is -2.41. The van der Waals surface area contributed by atoms with E-state index in [1.165, 1.54) is 116 Å². The van der Waals surface area contributed by atoms with Gasteiger partial charge in [0.1, 0.15) is 30.0 Å². The molecule has 1 aliphatic carbocycles. The van der Waals surface area contributed by atoms with Crippen LogP contribution in [0.3, 0.4) is 0 Å². The van der Waals surface area contributed by atoms with Crippen LogP contribution in [0.2, 0.25) is 0 Å². The zero-order valence-corrected chi connectivity index (χ0v) is 27.7. The molecule has 0 N–H and O–H groups in total. The first kappa shape index (κ1) is 30.6. The van der Waals surface area contributed by atoms with Gasteiger partial charge in [0.2, 0.25) is 0 Å². The number of hydrogen-bond acceptors (Lipinski definition) is 6. The van der Waals surface area contributed by atoms with Crippen LogP contribution >= 0.6 is 11.3 Å². The summed E-state index contributed by atoms with van der Waals surface area (Å²) in [5.74, 6) is 2.85. The van der Waals surface area contributed by atoms with Gasteiger partial charge in [0.25, 0.3) is 0 Å². The molecule has 0 bridgehead atoms. The molecule has 1 aromatic heterocycles. The molecule has 2 aliphatic heterocycles. The van der Waals surface area contributed by atoms with Crippen LogP contribution in [0.4, 0.5) is 0 Å². The van der Waals surface area contributed by atoms with Gasteiger partial charge in [-0.25, -0.2) is 0 Å². The summed E-state index contributed by atoms with van der Waals surface area (Å²) in [5.41, 5.74) is 3.90. The zero-order valence-electron chi connectivity index (χ0n) is 26.8. The third-order valence-electron chi connectivity index (χ3n) is 10.1. The van der Waals surface area contributed by atoms with Crippen LogP contribution in [0.15, 0.2) is 66.7 Å². The molecule has 45 heavy (non-hydrogen) atoms. The van der Waals surface area contributed by atoms with E-state index in [0.29, 0.717) is 12.1 Å². The standard InChI is InChI=1S/C39H48N2O3S/c1-42-33-19-20-34-35(39(45-38(34)28-33)30-13-17-31(18-14-30)43-26-25-40-21-7-8-22-40)27-29-11-15-32(16-12-29)44-37-10-4-3-9-36(37)41-23-5-2-6-24-41/h11-20,28,36-37H,2-10,21-27H2,1H3/t36-,37-/m0/s1. The van der Waals surface area contributed by atoms with Crippen LogP contribution in [0, 0.1) is 0 Å². The summed E-state index contributed by atoms with van der Waals surface area (Å²) >= 11 is 1.85. The van der Waals surface area contributed by atoms with Crippen molar-refractivity contribution in [2.24, 2.45) is 0 Å². The minimum atomic E-state index is 0.303. The van der Waals surface area contributed by atoms with Gasteiger partial charge in [-0.15, -0.1) is 11.3 Å². The molecule has 5 nitrogen and oxygen atoms in total. The molecule has 0 spiro atoms. The second-order valence-corrected chi connectivity index (χ2v) is 14.2. The Morgan fingerprint density at radius 1 is 0.733 bits per heavy atom. The van der Waals surface area contributed by atoms with Gasteiger partial charge >= 0.3 is 0 Å². The molecule has 3 fully saturated rings. The summed E-state index contributed by atoms with van der Waals surface area (Å²) in [5, 5.41) is 1.30. The van der Waals surface area contributed by atoms with Crippen LogP contribution in [-0.2, 0) is 6.42 Å². The predicted molar refractivity (Wildman–Crippen MR) is 186 cm³/mol. The Balaban J connectivity index is 1.07. The lowest BCUT2D eigenvalue weighted by atomic mass is 9.90.